The molecule has 0 heterocycles. The van der Waals surface area contributed by atoms with Gasteiger partial charge in [-0.2, -0.15) is 0 Å². The third-order valence-corrected chi connectivity index (χ3v) is 14.3. The minimum Gasteiger partial charge on any atom is -0.326 e. The Hall–Kier alpha value is 2.59. The minimum absolute atomic E-state index is 0.337. The smallest absolute Gasteiger partial charge is 0.237 e. The van der Waals surface area contributed by atoms with E-state index in [0.717, 1.165) is 0 Å². The number of ether oxygens (including phenoxy) is 4. The van der Waals surface area contributed by atoms with Crippen LogP contribution >= 0.6 is 127 Å². The highest BCUT2D eigenvalue weighted by Gasteiger charge is 2.50. The molecular weight excluding hydrogens is 1060 g/mol. The molecule has 2 aliphatic carbocycles. The summed E-state index contributed by atoms with van der Waals surface area (Å²) in [6, 6.07) is 0. The van der Waals surface area contributed by atoms with E-state index in [1.807, 2.05) is 27.7 Å². The first kappa shape index (κ1) is 37.8. The molecular formula is C24H30Br8O6S. The largest absolute Gasteiger partial charge is 0.326 e. The Labute approximate surface area is 298 Å². The summed E-state index contributed by atoms with van der Waals surface area (Å²) in [6.07, 6.45) is 9.05. The van der Waals surface area contributed by atoms with Crippen molar-refractivity contribution < 1.29 is 27.4 Å². The molecule has 0 fully saturated rings. The van der Waals surface area contributed by atoms with E-state index in [1.165, 1.54) is 0 Å². The second-order valence-electron chi connectivity index (χ2n) is 8.55. The van der Waals surface area contributed by atoms with Crippen LogP contribution in [0.15, 0.2) is 42.2 Å². The maximum Gasteiger partial charge on any atom is 0.237 e. The van der Waals surface area contributed by atoms with Gasteiger partial charge in [0.15, 0.2) is 9.84 Å². The Kier molecular flexibility index (Phi) is 15.7. The fourth-order valence-corrected chi connectivity index (χ4v) is 10.2. The Balaban J connectivity index is 2.52. The van der Waals surface area contributed by atoms with Gasteiger partial charge in [0.2, 0.25) is 11.6 Å². The van der Waals surface area contributed by atoms with Crippen LogP contribution < -0.4 is 0 Å². The van der Waals surface area contributed by atoms with Gasteiger partial charge in [0.05, 0.1) is 17.9 Å². The normalized spacial score (nSPS) is 31.0. The summed E-state index contributed by atoms with van der Waals surface area (Å²) in [5, 5.41) is -3.32. The number of alkyl halides is 4. The third-order valence-electron chi connectivity index (χ3n) is 5.72. The summed E-state index contributed by atoms with van der Waals surface area (Å²) in [6.45, 7) is 7.85. The molecule has 224 valence electrons. The minimum atomic E-state index is -3.85. The topological polar surface area (TPSA) is 71.1 Å². The molecule has 0 saturated carbocycles. The van der Waals surface area contributed by atoms with Gasteiger partial charge in [0, 0.05) is 0 Å². The number of halogens is 8. The predicted octanol–water partition coefficient (Wildman–Crippen LogP) is 10.3. The van der Waals surface area contributed by atoms with E-state index in [9.17, 15) is 8.42 Å². The third kappa shape index (κ3) is 8.86. The molecule has 0 N–H and O–H groups in total. The zero-order chi connectivity index (χ0) is 29.8. The lowest BCUT2D eigenvalue weighted by Gasteiger charge is -2.41. The number of rotatable bonds is 14. The molecule has 2 aliphatic rings. The van der Waals surface area contributed by atoms with Crippen molar-refractivity contribution in [3.63, 3.8) is 0 Å². The first-order valence-electron chi connectivity index (χ1n) is 12.1. The number of hydrogen-bond donors (Lipinski definition) is 0. The van der Waals surface area contributed by atoms with Gasteiger partial charge in [-0.1, -0.05) is 91.4 Å². The highest BCUT2D eigenvalue weighted by molar-refractivity contribution is 9.13. The molecule has 0 bridgehead atoms. The molecule has 0 aromatic rings. The average molecular weight is 1090 g/mol. The molecule has 15 heteroatoms. The number of hydrogen-bond acceptors (Lipinski definition) is 6. The highest BCUT2D eigenvalue weighted by atomic mass is 79.9. The fraction of sp³-hybridized carbons (Fsp3) is 0.667. The van der Waals surface area contributed by atoms with Crippen LogP contribution in [0.25, 0.3) is 0 Å². The van der Waals surface area contributed by atoms with Gasteiger partial charge in [-0.15, -0.1) is 0 Å². The van der Waals surface area contributed by atoms with Gasteiger partial charge in [0.25, 0.3) is 0 Å². The lowest BCUT2D eigenvalue weighted by Crippen LogP contribution is -2.46. The van der Waals surface area contributed by atoms with Crippen molar-refractivity contribution in [3.05, 3.63) is 42.2 Å². The van der Waals surface area contributed by atoms with Crippen molar-refractivity contribution in [2.24, 2.45) is 0 Å². The molecule has 4 unspecified atom stereocenters. The van der Waals surface area contributed by atoms with Crippen molar-refractivity contribution in [3.8, 4) is 0 Å². The van der Waals surface area contributed by atoms with Gasteiger partial charge in [-0.3, -0.25) is 0 Å². The first-order valence-corrected chi connectivity index (χ1v) is 20.6. The van der Waals surface area contributed by atoms with Crippen LogP contribution in [-0.4, -0.2) is 50.5 Å². The van der Waals surface area contributed by atoms with Crippen molar-refractivity contribution in [2.45, 2.75) is 95.5 Å². The molecule has 0 aromatic heterocycles. The van der Waals surface area contributed by atoms with Gasteiger partial charge in [-0.25, -0.2) is 8.42 Å². The van der Waals surface area contributed by atoms with Crippen molar-refractivity contribution in [1.29, 1.82) is 0 Å². The van der Waals surface area contributed by atoms with Gasteiger partial charge < -0.3 is 18.9 Å². The summed E-state index contributed by atoms with van der Waals surface area (Å²) >= 11 is 28.3. The van der Waals surface area contributed by atoms with E-state index in [4.69, 9.17) is 18.9 Å². The van der Waals surface area contributed by atoms with Crippen LogP contribution in [0, 0.1) is 0 Å². The summed E-state index contributed by atoms with van der Waals surface area (Å²) in [4.78, 5) is 0. The van der Waals surface area contributed by atoms with Crippen LogP contribution in [0.4, 0.5) is 0 Å². The summed E-state index contributed by atoms with van der Waals surface area (Å²) in [5.74, 6) is -2.71. The zero-order valence-electron chi connectivity index (χ0n) is 21.5. The molecule has 0 spiro atoms. The molecule has 0 saturated heterocycles. The predicted molar refractivity (Wildman–Crippen MR) is 186 cm³/mol. The Morgan fingerprint density at radius 3 is 0.974 bits per heavy atom. The summed E-state index contributed by atoms with van der Waals surface area (Å²) in [5.41, 5.74) is 0. The van der Waals surface area contributed by atoms with Crippen LogP contribution in [0.3, 0.4) is 0 Å². The SMILES string of the molecule is CCC(Br)OC1(OC(Br)CC)C(Br)=CC(S(=O)(=O)C2C=C(Br)C(OC(Br)CC)(OC(Br)CC)C(Br)=C2)C=C1Br. The van der Waals surface area contributed by atoms with Crippen LogP contribution in [0.2, 0.25) is 0 Å². The zero-order valence-corrected chi connectivity index (χ0v) is 35.0. The van der Waals surface area contributed by atoms with E-state index < -0.39 is 31.9 Å². The summed E-state index contributed by atoms with van der Waals surface area (Å²) < 4.78 is 54.7. The Bertz CT molecular complexity index is 946. The van der Waals surface area contributed by atoms with Crippen molar-refractivity contribution in [1.82, 2.24) is 0 Å². The molecule has 0 radical (unpaired) electrons. The molecule has 2 rings (SSSR count). The first-order chi connectivity index (χ1) is 18.1. The monoisotopic (exact) mass is 1080 g/mol. The quantitative estimate of drug-likeness (QED) is 0.128. The van der Waals surface area contributed by atoms with E-state index in [-0.39, 0.29) is 20.1 Å². The molecule has 0 amide bonds. The fourth-order valence-electron chi connectivity index (χ4n) is 3.46. The van der Waals surface area contributed by atoms with E-state index >= 15 is 0 Å². The highest BCUT2D eigenvalue weighted by Crippen LogP contribution is 2.49. The Morgan fingerprint density at radius 2 is 0.795 bits per heavy atom. The maximum absolute atomic E-state index is 14.0. The molecule has 0 aliphatic heterocycles. The lowest BCUT2D eigenvalue weighted by molar-refractivity contribution is -0.189. The standard InChI is InChI=1S/C24H30Br8O6S/c1-5-19(29)35-23(36-20(30)6-2)15(25)9-13(10-16(23)26)39(33,34)14-11-17(27)24(18(28)12-14,37-21(31)7-3)38-22(32)8-4/h9-14,19-22H,5-8H2,1-4H3. The molecule has 39 heavy (non-hydrogen) atoms. The van der Waals surface area contributed by atoms with Gasteiger partial charge in [-0.05, 0) is 114 Å². The van der Waals surface area contributed by atoms with Crippen molar-refractivity contribution >= 4 is 137 Å². The lowest BCUT2D eigenvalue weighted by atomic mass is 10.1. The van der Waals surface area contributed by atoms with E-state index in [0.29, 0.717) is 43.6 Å². The number of sulfone groups is 1. The van der Waals surface area contributed by atoms with Gasteiger partial charge >= 0.3 is 0 Å². The van der Waals surface area contributed by atoms with Crippen LogP contribution in [0.1, 0.15) is 53.4 Å². The second-order valence-corrected chi connectivity index (χ2v) is 18.3. The van der Waals surface area contributed by atoms with Gasteiger partial charge in [0.1, 0.15) is 30.6 Å². The van der Waals surface area contributed by atoms with Crippen LogP contribution in [-0.2, 0) is 28.8 Å². The van der Waals surface area contributed by atoms with E-state index in [1.54, 1.807) is 24.3 Å². The summed E-state index contributed by atoms with van der Waals surface area (Å²) in [7, 11) is -3.85. The second kappa shape index (κ2) is 16.2. The molecule has 4 atom stereocenters. The maximum atomic E-state index is 14.0. The average Bonchev–Trinajstić information content (AvgIpc) is 2.88. The Morgan fingerprint density at radius 1 is 0.590 bits per heavy atom. The van der Waals surface area contributed by atoms with E-state index in [2.05, 4.69) is 127 Å². The molecule has 6 nitrogen and oxygen atoms in total. The molecule has 0 aromatic carbocycles. The van der Waals surface area contributed by atoms with Crippen molar-refractivity contribution in [2.75, 3.05) is 0 Å². The van der Waals surface area contributed by atoms with Crippen LogP contribution in [0.5, 0.6) is 0 Å².